The van der Waals surface area contributed by atoms with Crippen LogP contribution in [-0.2, 0) is 13.0 Å². The third-order valence-corrected chi connectivity index (χ3v) is 8.11. The van der Waals surface area contributed by atoms with Gasteiger partial charge in [-0.25, -0.2) is 9.78 Å². The molecule has 0 saturated heterocycles. The van der Waals surface area contributed by atoms with Crippen LogP contribution in [0.5, 0.6) is 5.75 Å². The van der Waals surface area contributed by atoms with Crippen molar-refractivity contribution in [1.82, 2.24) is 10.3 Å². The van der Waals surface area contributed by atoms with Gasteiger partial charge in [0, 0.05) is 52.3 Å². The predicted molar refractivity (Wildman–Crippen MR) is 163 cm³/mol. The van der Waals surface area contributed by atoms with E-state index in [4.69, 9.17) is 10.5 Å². The number of carbonyl (C=O) groups is 3. The van der Waals surface area contributed by atoms with Gasteiger partial charge in [0.05, 0.1) is 0 Å². The number of hydrogen-bond donors (Lipinski definition) is 4. The minimum Gasteiger partial charge on any atom is -0.490 e. The van der Waals surface area contributed by atoms with Crippen LogP contribution in [0.25, 0.3) is 21.6 Å². The summed E-state index contributed by atoms with van der Waals surface area (Å²) >= 11 is 1.56. The molecule has 1 aliphatic rings. The van der Waals surface area contributed by atoms with Crippen molar-refractivity contribution in [2.45, 2.75) is 46.3 Å². The second kappa shape index (κ2) is 12.1. The molecule has 5 N–H and O–H groups in total. The Balaban J connectivity index is 1.68. The SMILES string of the molecule is CCCNC(=O)c1ccc(-c2cc3c(cc2C(=O)Nc2ccc(CN)cc2C)-c2sccc2C[C@@H](C)O3)c(C(=O)O)n1. The van der Waals surface area contributed by atoms with Crippen LogP contribution >= 0.6 is 11.3 Å². The fraction of sp³-hybridized carbons (Fsp3) is 0.250. The van der Waals surface area contributed by atoms with Gasteiger partial charge in [-0.15, -0.1) is 11.3 Å². The zero-order valence-electron chi connectivity index (χ0n) is 23.6. The van der Waals surface area contributed by atoms with Crippen LogP contribution in [0.15, 0.2) is 53.9 Å². The molecular formula is C32H32N4O5S. The minimum absolute atomic E-state index is 0.0194. The van der Waals surface area contributed by atoms with Crippen molar-refractivity contribution >= 4 is 34.8 Å². The smallest absolute Gasteiger partial charge is 0.355 e. The molecule has 216 valence electrons. The monoisotopic (exact) mass is 584 g/mol. The van der Waals surface area contributed by atoms with Gasteiger partial charge in [-0.2, -0.15) is 0 Å². The molecule has 1 aliphatic heterocycles. The van der Waals surface area contributed by atoms with Crippen molar-refractivity contribution < 1.29 is 24.2 Å². The fourth-order valence-electron chi connectivity index (χ4n) is 5.04. The molecule has 5 rings (SSSR count). The van der Waals surface area contributed by atoms with E-state index >= 15 is 0 Å². The number of pyridine rings is 1. The lowest BCUT2D eigenvalue weighted by atomic mass is 9.93. The standard InChI is InChI=1S/C32H32N4O5S/c1-4-10-34-31(38)26-8-6-21(28(35-26)32(39)40)22-15-27-24(29-20(9-11-42-29)13-18(3)41-27)14-23(22)30(37)36-25-7-5-19(16-33)12-17(25)2/h5-9,11-12,14-15,18H,4,10,13,16,33H2,1-3H3,(H,34,38)(H,36,37)(H,39,40)/t18-/m1/s1. The number of carboxylic acids is 1. The summed E-state index contributed by atoms with van der Waals surface area (Å²) in [7, 11) is 0. The Morgan fingerprint density at radius 2 is 1.88 bits per heavy atom. The number of nitrogens with zero attached hydrogens (tertiary/aromatic N) is 1. The minimum atomic E-state index is -1.32. The summed E-state index contributed by atoms with van der Waals surface area (Å²) in [6.45, 7) is 6.59. The molecule has 42 heavy (non-hydrogen) atoms. The number of ether oxygens (including phenoxy) is 1. The van der Waals surface area contributed by atoms with Gasteiger partial charge in [0.1, 0.15) is 17.5 Å². The highest BCUT2D eigenvalue weighted by Crippen LogP contribution is 2.44. The Morgan fingerprint density at radius 3 is 2.60 bits per heavy atom. The number of aromatic nitrogens is 1. The number of thiophene rings is 1. The van der Waals surface area contributed by atoms with Gasteiger partial charge in [-0.05, 0) is 78.7 Å². The van der Waals surface area contributed by atoms with E-state index in [9.17, 15) is 19.5 Å². The summed E-state index contributed by atoms with van der Waals surface area (Å²) in [6, 6.07) is 14.1. The molecule has 2 amide bonds. The summed E-state index contributed by atoms with van der Waals surface area (Å²) in [5, 5.41) is 17.9. The molecule has 9 nitrogen and oxygen atoms in total. The topological polar surface area (TPSA) is 144 Å². The second-order valence-corrected chi connectivity index (χ2v) is 11.2. The molecule has 0 saturated carbocycles. The number of hydrogen-bond acceptors (Lipinski definition) is 7. The highest BCUT2D eigenvalue weighted by atomic mass is 32.1. The molecule has 0 bridgehead atoms. The van der Waals surface area contributed by atoms with Crippen molar-refractivity contribution in [3.63, 3.8) is 0 Å². The van der Waals surface area contributed by atoms with E-state index in [2.05, 4.69) is 21.7 Å². The first-order chi connectivity index (χ1) is 20.2. The lowest BCUT2D eigenvalue weighted by Gasteiger charge is -2.19. The Labute approximate surface area is 247 Å². The van der Waals surface area contributed by atoms with Gasteiger partial charge in [0.2, 0.25) is 0 Å². The van der Waals surface area contributed by atoms with Crippen molar-refractivity contribution in [1.29, 1.82) is 0 Å². The first kappa shape index (κ1) is 29.0. The van der Waals surface area contributed by atoms with Crippen LogP contribution in [0.4, 0.5) is 5.69 Å². The van der Waals surface area contributed by atoms with Gasteiger partial charge in [-0.1, -0.05) is 19.1 Å². The second-order valence-electron chi connectivity index (χ2n) is 10.3. The summed E-state index contributed by atoms with van der Waals surface area (Å²) in [5.74, 6) is -1.67. The Bertz CT molecular complexity index is 1700. The summed E-state index contributed by atoms with van der Waals surface area (Å²) in [4.78, 5) is 44.2. The van der Waals surface area contributed by atoms with Crippen LogP contribution in [0.3, 0.4) is 0 Å². The average Bonchev–Trinajstić information content (AvgIpc) is 3.38. The third-order valence-electron chi connectivity index (χ3n) is 7.12. The van der Waals surface area contributed by atoms with Crippen LogP contribution < -0.4 is 21.1 Å². The number of carboxylic acid groups (broad SMARTS) is 1. The maximum absolute atomic E-state index is 14.0. The zero-order chi connectivity index (χ0) is 30.0. The molecule has 2 aromatic heterocycles. The van der Waals surface area contributed by atoms with E-state index in [0.29, 0.717) is 36.5 Å². The number of benzene rings is 2. The first-order valence-electron chi connectivity index (χ1n) is 13.7. The van der Waals surface area contributed by atoms with Crippen molar-refractivity contribution in [3.8, 4) is 27.3 Å². The quantitative estimate of drug-likeness (QED) is 0.209. The summed E-state index contributed by atoms with van der Waals surface area (Å²) in [6.07, 6.45) is 1.28. The highest BCUT2D eigenvalue weighted by molar-refractivity contribution is 7.13. The number of nitrogens with one attached hydrogen (secondary N) is 2. The van der Waals surface area contributed by atoms with Crippen molar-refractivity contribution in [2.75, 3.05) is 11.9 Å². The van der Waals surface area contributed by atoms with Crippen LogP contribution in [0.1, 0.15) is 68.3 Å². The molecule has 10 heteroatoms. The van der Waals surface area contributed by atoms with E-state index in [1.165, 1.54) is 12.1 Å². The molecule has 0 radical (unpaired) electrons. The lowest BCUT2D eigenvalue weighted by molar-refractivity contribution is 0.0691. The molecular weight excluding hydrogens is 552 g/mol. The van der Waals surface area contributed by atoms with Gasteiger partial charge < -0.3 is 26.2 Å². The van der Waals surface area contributed by atoms with E-state index in [1.807, 2.05) is 38.3 Å². The van der Waals surface area contributed by atoms with Gasteiger partial charge in [0.15, 0.2) is 5.69 Å². The van der Waals surface area contributed by atoms with Crippen LogP contribution in [0, 0.1) is 6.92 Å². The van der Waals surface area contributed by atoms with Gasteiger partial charge >= 0.3 is 5.97 Å². The molecule has 2 aromatic carbocycles. The average molecular weight is 585 g/mol. The third kappa shape index (κ3) is 5.77. The number of aryl methyl sites for hydroxylation is 1. The molecule has 0 spiro atoms. The summed E-state index contributed by atoms with van der Waals surface area (Å²) in [5.41, 5.74) is 10.5. The number of aromatic carboxylic acids is 1. The normalized spacial score (nSPS) is 13.8. The maximum atomic E-state index is 14.0. The van der Waals surface area contributed by atoms with E-state index in [-0.39, 0.29) is 28.6 Å². The van der Waals surface area contributed by atoms with E-state index < -0.39 is 17.8 Å². The molecule has 1 atom stereocenters. The molecule has 0 unspecified atom stereocenters. The fourth-order valence-corrected chi connectivity index (χ4v) is 6.00. The molecule has 4 aromatic rings. The van der Waals surface area contributed by atoms with Crippen LogP contribution in [0.2, 0.25) is 0 Å². The van der Waals surface area contributed by atoms with Gasteiger partial charge in [0.25, 0.3) is 11.8 Å². The highest BCUT2D eigenvalue weighted by Gasteiger charge is 2.28. The number of anilines is 1. The number of carbonyl (C=O) groups excluding carboxylic acids is 2. The molecule has 3 heterocycles. The summed E-state index contributed by atoms with van der Waals surface area (Å²) < 4.78 is 6.30. The zero-order valence-corrected chi connectivity index (χ0v) is 24.4. The Kier molecular flexibility index (Phi) is 8.37. The number of amides is 2. The van der Waals surface area contributed by atoms with Crippen molar-refractivity contribution in [2.24, 2.45) is 5.73 Å². The predicted octanol–water partition coefficient (Wildman–Crippen LogP) is 5.66. The largest absolute Gasteiger partial charge is 0.490 e. The molecule has 0 fully saturated rings. The number of nitrogens with two attached hydrogens (primary N) is 1. The number of fused-ring (bicyclic) bond motifs is 3. The maximum Gasteiger partial charge on any atom is 0.355 e. The van der Waals surface area contributed by atoms with E-state index in [1.54, 1.807) is 29.5 Å². The van der Waals surface area contributed by atoms with Crippen molar-refractivity contribution in [3.05, 3.63) is 87.6 Å². The number of rotatable bonds is 8. The van der Waals surface area contributed by atoms with Gasteiger partial charge in [-0.3, -0.25) is 9.59 Å². The Hall–Kier alpha value is -4.54. The first-order valence-corrected chi connectivity index (χ1v) is 14.6. The van der Waals surface area contributed by atoms with Crippen LogP contribution in [-0.4, -0.2) is 40.5 Å². The lowest BCUT2D eigenvalue weighted by Crippen LogP contribution is -2.25. The molecule has 0 aliphatic carbocycles. The Morgan fingerprint density at radius 1 is 1.07 bits per heavy atom. The van der Waals surface area contributed by atoms with E-state index in [0.717, 1.165) is 33.6 Å².